The molecule has 3 aromatic rings. The van der Waals surface area contributed by atoms with Crippen LogP contribution in [-0.2, 0) is 9.59 Å². The molecule has 0 saturated heterocycles. The molecule has 43 heavy (non-hydrogen) atoms. The first-order chi connectivity index (χ1) is 20.7. The molecule has 2 heterocycles. The molecule has 0 radical (unpaired) electrons. The Morgan fingerprint density at radius 3 is 2.33 bits per heavy atom. The van der Waals surface area contributed by atoms with Crippen LogP contribution in [-0.4, -0.2) is 35.3 Å². The van der Waals surface area contributed by atoms with E-state index in [4.69, 9.17) is 9.72 Å². The van der Waals surface area contributed by atoms with Crippen LogP contribution in [0.3, 0.4) is 0 Å². The number of nitrogens with zero attached hydrogens (tertiary/aromatic N) is 3. The largest absolute Gasteiger partial charge is 0.496 e. The maximum atomic E-state index is 14.2. The van der Waals surface area contributed by atoms with E-state index in [2.05, 4.69) is 50.0 Å². The Hall–Kier alpha value is -3.06. The van der Waals surface area contributed by atoms with Gasteiger partial charge in [-0.15, -0.1) is 11.3 Å². The molecular formula is C36H47N3O3S. The lowest BCUT2D eigenvalue weighted by Crippen LogP contribution is -2.42. The van der Waals surface area contributed by atoms with Gasteiger partial charge in [-0.3, -0.25) is 9.69 Å². The van der Waals surface area contributed by atoms with Gasteiger partial charge in [0, 0.05) is 37.2 Å². The first-order valence-corrected chi connectivity index (χ1v) is 16.9. The van der Waals surface area contributed by atoms with Crippen LogP contribution in [0.15, 0.2) is 42.7 Å². The number of Topliss-reactive ketones (excluding diaryl/α,β-unsaturated/α-hetero) is 1. The number of ether oxygens (including phenoxy) is 1. The first kappa shape index (κ1) is 31.4. The fraction of sp³-hybridized carbons (Fsp3) is 0.556. The minimum atomic E-state index is -0.0109. The smallest absolute Gasteiger partial charge is 0.231 e. The zero-order valence-corrected chi connectivity index (χ0v) is 27.3. The van der Waals surface area contributed by atoms with Gasteiger partial charge in [0.25, 0.3) is 0 Å². The van der Waals surface area contributed by atoms with Gasteiger partial charge < -0.3 is 9.53 Å². The molecule has 230 valence electrons. The summed E-state index contributed by atoms with van der Waals surface area (Å²) >= 11 is 1.72. The van der Waals surface area contributed by atoms with Gasteiger partial charge in [-0.2, -0.15) is 0 Å². The molecule has 2 aliphatic carbocycles. The Kier molecular flexibility index (Phi) is 10.3. The lowest BCUT2D eigenvalue weighted by molar-refractivity contribution is -0.124. The molecule has 0 atom stereocenters. The van der Waals surface area contributed by atoms with E-state index in [1.807, 2.05) is 23.4 Å². The van der Waals surface area contributed by atoms with E-state index in [0.717, 1.165) is 78.4 Å². The molecule has 0 N–H and O–H groups in total. The average molecular weight is 602 g/mol. The number of carbonyl (C=O) groups is 2. The highest BCUT2D eigenvalue weighted by Crippen LogP contribution is 2.39. The van der Waals surface area contributed by atoms with Gasteiger partial charge in [-0.05, 0) is 118 Å². The Balaban J connectivity index is 1.33. The maximum Gasteiger partial charge on any atom is 0.231 e. The number of pyridine rings is 1. The van der Waals surface area contributed by atoms with Crippen molar-refractivity contribution in [3.05, 3.63) is 58.9 Å². The van der Waals surface area contributed by atoms with E-state index < -0.39 is 0 Å². The topological polar surface area (TPSA) is 72.4 Å². The highest BCUT2D eigenvalue weighted by Gasteiger charge is 2.33. The van der Waals surface area contributed by atoms with Gasteiger partial charge in [0.1, 0.15) is 17.4 Å². The fourth-order valence-corrected chi connectivity index (χ4v) is 7.95. The first-order valence-electron chi connectivity index (χ1n) is 16.1. The number of benzene rings is 1. The summed E-state index contributed by atoms with van der Waals surface area (Å²) in [6.07, 6.45) is 12.5. The lowest BCUT2D eigenvalue weighted by atomic mass is 9.77. The van der Waals surface area contributed by atoms with Gasteiger partial charge in [0.2, 0.25) is 5.91 Å². The molecule has 2 saturated carbocycles. The second-order valence-electron chi connectivity index (χ2n) is 13.1. The lowest BCUT2D eigenvalue weighted by Gasteiger charge is -2.36. The molecule has 5 rings (SSSR count). The third-order valence-electron chi connectivity index (χ3n) is 9.54. The minimum absolute atomic E-state index is 0.0109. The van der Waals surface area contributed by atoms with Crippen LogP contribution in [0.1, 0.15) is 107 Å². The van der Waals surface area contributed by atoms with Crippen LogP contribution in [0.25, 0.3) is 10.4 Å². The molecule has 2 aliphatic rings. The minimum Gasteiger partial charge on any atom is -0.496 e. The fourth-order valence-electron chi connectivity index (χ4n) is 7.04. The van der Waals surface area contributed by atoms with Gasteiger partial charge >= 0.3 is 0 Å². The molecule has 0 unspecified atom stereocenters. The zero-order valence-electron chi connectivity index (χ0n) is 26.5. The average Bonchev–Trinajstić information content (AvgIpc) is 3.51. The molecule has 0 aliphatic heterocycles. The van der Waals surface area contributed by atoms with Crippen molar-refractivity contribution in [1.29, 1.82) is 0 Å². The van der Waals surface area contributed by atoms with Crippen molar-refractivity contribution in [1.82, 2.24) is 9.97 Å². The van der Waals surface area contributed by atoms with Gasteiger partial charge in [-0.1, -0.05) is 26.0 Å². The van der Waals surface area contributed by atoms with Crippen LogP contribution in [0.2, 0.25) is 0 Å². The molecular weight excluding hydrogens is 554 g/mol. The second kappa shape index (κ2) is 14.1. The van der Waals surface area contributed by atoms with Crippen LogP contribution < -0.4 is 9.64 Å². The Labute approximate surface area is 261 Å². The van der Waals surface area contributed by atoms with Crippen molar-refractivity contribution in [3.63, 3.8) is 0 Å². The molecule has 6 nitrogen and oxygen atoms in total. The summed E-state index contributed by atoms with van der Waals surface area (Å²) in [6.45, 7) is 8.82. The molecule has 2 aromatic heterocycles. The van der Waals surface area contributed by atoms with Crippen molar-refractivity contribution in [2.75, 3.05) is 18.6 Å². The summed E-state index contributed by atoms with van der Waals surface area (Å²) in [5, 5.41) is 1.12. The van der Waals surface area contributed by atoms with E-state index in [0.29, 0.717) is 36.6 Å². The number of methoxy groups -OCH3 is 1. The summed E-state index contributed by atoms with van der Waals surface area (Å²) in [7, 11) is 1.73. The monoisotopic (exact) mass is 601 g/mol. The number of anilines is 1. The SMILES string of the molecule is COc1ccc(C2CCC(CN(C(=O)C3CCC(CC(C)=O)CC3)c3cc(-c4cnc(C(C)C)s4)ccn3)CC2)cc1C. The van der Waals surface area contributed by atoms with Gasteiger partial charge in [0.15, 0.2) is 0 Å². The molecule has 7 heteroatoms. The van der Waals surface area contributed by atoms with Crippen LogP contribution >= 0.6 is 11.3 Å². The van der Waals surface area contributed by atoms with Crippen molar-refractivity contribution in [3.8, 4) is 16.2 Å². The van der Waals surface area contributed by atoms with E-state index in [9.17, 15) is 9.59 Å². The summed E-state index contributed by atoms with van der Waals surface area (Å²) in [5.74, 6) is 3.91. The number of rotatable bonds is 10. The van der Waals surface area contributed by atoms with E-state index >= 15 is 0 Å². The number of amides is 1. The van der Waals surface area contributed by atoms with Crippen molar-refractivity contribution in [2.24, 2.45) is 17.8 Å². The predicted molar refractivity (Wildman–Crippen MR) is 175 cm³/mol. The van der Waals surface area contributed by atoms with Gasteiger partial charge in [-0.25, -0.2) is 9.97 Å². The van der Waals surface area contributed by atoms with Crippen LogP contribution in [0.4, 0.5) is 5.82 Å². The summed E-state index contributed by atoms with van der Waals surface area (Å²) in [6, 6.07) is 10.7. The van der Waals surface area contributed by atoms with Gasteiger partial charge in [0.05, 0.1) is 17.0 Å². The quantitative estimate of drug-likeness (QED) is 0.232. The number of hydrogen-bond acceptors (Lipinski definition) is 6. The molecule has 0 bridgehead atoms. The normalized spacial score (nSPS) is 22.4. The van der Waals surface area contributed by atoms with E-state index in [1.54, 1.807) is 25.4 Å². The third kappa shape index (κ3) is 7.72. The summed E-state index contributed by atoms with van der Waals surface area (Å²) in [4.78, 5) is 38.4. The highest BCUT2D eigenvalue weighted by atomic mass is 32.1. The second-order valence-corrected chi connectivity index (χ2v) is 14.2. The molecule has 1 aromatic carbocycles. The molecule has 1 amide bonds. The van der Waals surface area contributed by atoms with Crippen molar-refractivity contribution in [2.45, 2.75) is 97.3 Å². The van der Waals surface area contributed by atoms with Crippen molar-refractivity contribution < 1.29 is 14.3 Å². The van der Waals surface area contributed by atoms with E-state index in [1.165, 1.54) is 11.1 Å². The number of ketones is 1. The number of carbonyl (C=O) groups excluding carboxylic acids is 2. The molecule has 2 fully saturated rings. The standard InChI is InChI=1S/C36H47N3O3S/c1-23(2)35-38-21-33(43-35)31-16-17-37-34(20-31)39(36(41)29-12-6-26(7-13-29)19-25(4)40)22-27-8-10-28(11-9-27)30-14-15-32(42-5)24(3)18-30/h14-18,20-21,23,26-29H,6-13,19,22H2,1-5H3. The predicted octanol–water partition coefficient (Wildman–Crippen LogP) is 8.74. The van der Waals surface area contributed by atoms with Crippen LogP contribution in [0.5, 0.6) is 5.75 Å². The summed E-state index contributed by atoms with van der Waals surface area (Å²) < 4.78 is 5.47. The number of thiazole rings is 1. The van der Waals surface area contributed by atoms with Crippen molar-refractivity contribution >= 4 is 28.8 Å². The Morgan fingerprint density at radius 2 is 1.70 bits per heavy atom. The third-order valence-corrected chi connectivity index (χ3v) is 10.9. The molecule has 0 spiro atoms. The zero-order chi connectivity index (χ0) is 30.5. The number of aryl methyl sites for hydroxylation is 1. The maximum absolute atomic E-state index is 14.2. The Morgan fingerprint density at radius 1 is 0.977 bits per heavy atom. The van der Waals surface area contributed by atoms with Crippen LogP contribution in [0, 0.1) is 24.7 Å². The summed E-state index contributed by atoms with van der Waals surface area (Å²) in [5.41, 5.74) is 3.65. The number of aromatic nitrogens is 2. The Bertz CT molecular complexity index is 1400. The highest BCUT2D eigenvalue weighted by molar-refractivity contribution is 7.15. The number of hydrogen-bond donors (Lipinski definition) is 0. The van der Waals surface area contributed by atoms with E-state index in [-0.39, 0.29) is 17.6 Å².